The highest BCUT2D eigenvalue weighted by Gasteiger charge is 2.18. The summed E-state index contributed by atoms with van der Waals surface area (Å²) in [5, 5.41) is 12.5. The van der Waals surface area contributed by atoms with E-state index in [1.807, 2.05) is 26.8 Å². The van der Waals surface area contributed by atoms with Crippen LogP contribution in [0, 0.1) is 5.41 Å². The number of amides is 2. The minimum atomic E-state index is -0.501. The fourth-order valence-corrected chi connectivity index (χ4v) is 3.15. The summed E-state index contributed by atoms with van der Waals surface area (Å²) < 4.78 is 0. The van der Waals surface area contributed by atoms with Gasteiger partial charge < -0.3 is 16.5 Å². The highest BCUT2D eigenvalue weighted by atomic mass is 35.5. The van der Waals surface area contributed by atoms with E-state index in [9.17, 15) is 4.79 Å². The van der Waals surface area contributed by atoms with Gasteiger partial charge >= 0.3 is 6.03 Å². The van der Waals surface area contributed by atoms with Crippen LogP contribution in [-0.4, -0.2) is 28.3 Å². The second-order valence-electron chi connectivity index (χ2n) is 6.42. The first kappa shape index (κ1) is 21.7. The number of nitrogens with two attached hydrogens (primary N) is 1. The fourth-order valence-electron chi connectivity index (χ4n) is 2.69. The molecule has 5 N–H and O–H groups in total. The van der Waals surface area contributed by atoms with Gasteiger partial charge in [0, 0.05) is 23.5 Å². The predicted molar refractivity (Wildman–Crippen MR) is 115 cm³/mol. The molecule has 0 atom stereocenters. The molecule has 0 aliphatic rings. The molecule has 2 rings (SSSR count). The van der Waals surface area contributed by atoms with Crippen LogP contribution in [0.5, 0.6) is 0 Å². The minimum Gasteiger partial charge on any atom is -0.383 e. The van der Waals surface area contributed by atoms with E-state index in [1.165, 1.54) is 12.1 Å². The molecule has 0 aliphatic carbocycles. The first-order chi connectivity index (χ1) is 13.1. The van der Waals surface area contributed by atoms with Gasteiger partial charge in [-0.05, 0) is 43.5 Å². The van der Waals surface area contributed by atoms with Crippen molar-refractivity contribution in [2.75, 3.05) is 22.6 Å². The van der Waals surface area contributed by atoms with E-state index in [1.54, 1.807) is 11.9 Å². The normalized spacial score (nSPS) is 10.7. The highest BCUT2D eigenvalue weighted by molar-refractivity contribution is 6.33. The highest BCUT2D eigenvalue weighted by Crippen LogP contribution is 2.28. The van der Waals surface area contributed by atoms with Crippen molar-refractivity contribution in [3.8, 4) is 0 Å². The molecule has 0 aromatic carbocycles. The van der Waals surface area contributed by atoms with Crippen LogP contribution in [-0.2, 0) is 0 Å². The number of carbonyl (C=O) groups excluding carboxylic acids is 1. The van der Waals surface area contributed by atoms with Gasteiger partial charge in [-0.25, -0.2) is 20.2 Å². The molecular weight excluding hydrogens is 401 g/mol. The molecule has 28 heavy (non-hydrogen) atoms. The van der Waals surface area contributed by atoms with E-state index in [0.717, 1.165) is 5.56 Å². The minimum absolute atomic E-state index is 0.132. The number of carbonyl (C=O) groups is 1. The van der Waals surface area contributed by atoms with E-state index in [4.69, 9.17) is 34.3 Å². The molecule has 0 saturated carbocycles. The molecule has 0 unspecified atom stereocenters. The summed E-state index contributed by atoms with van der Waals surface area (Å²) in [7, 11) is 0. The van der Waals surface area contributed by atoms with Gasteiger partial charge in [-0.3, -0.25) is 5.01 Å². The molecule has 0 aliphatic heterocycles. The van der Waals surface area contributed by atoms with Gasteiger partial charge in [0.2, 0.25) is 0 Å². The Morgan fingerprint density at radius 2 is 1.86 bits per heavy atom. The average molecular weight is 424 g/mol. The number of anilines is 3. The van der Waals surface area contributed by atoms with Crippen molar-refractivity contribution < 1.29 is 4.79 Å². The van der Waals surface area contributed by atoms with E-state index in [-0.39, 0.29) is 22.0 Å². The van der Waals surface area contributed by atoms with Gasteiger partial charge in [0.05, 0.1) is 0 Å². The number of hydrazine groups is 1. The molecular formula is C18H23Cl2N7O. The Balaban J connectivity index is 2.27. The van der Waals surface area contributed by atoms with E-state index in [2.05, 4.69) is 20.7 Å². The third-order valence-corrected chi connectivity index (χ3v) is 4.30. The number of nitrogens with zero attached hydrogens (tertiary/aromatic N) is 3. The van der Waals surface area contributed by atoms with Crippen LogP contribution in [0.2, 0.25) is 10.3 Å². The van der Waals surface area contributed by atoms with Crippen molar-refractivity contribution in [3.63, 3.8) is 0 Å². The van der Waals surface area contributed by atoms with E-state index < -0.39 is 6.03 Å². The first-order valence-corrected chi connectivity index (χ1v) is 9.42. The maximum absolute atomic E-state index is 12.4. The molecule has 0 spiro atoms. The Morgan fingerprint density at radius 3 is 2.36 bits per heavy atom. The summed E-state index contributed by atoms with van der Waals surface area (Å²) in [6.07, 6.45) is 0. The molecule has 2 heterocycles. The maximum atomic E-state index is 12.4. The van der Waals surface area contributed by atoms with E-state index in [0.29, 0.717) is 29.3 Å². The monoisotopic (exact) mass is 423 g/mol. The third-order valence-electron chi connectivity index (χ3n) is 3.91. The summed E-state index contributed by atoms with van der Waals surface area (Å²) in [6, 6.07) is 4.30. The van der Waals surface area contributed by atoms with Crippen molar-refractivity contribution in [1.29, 1.82) is 5.41 Å². The third kappa shape index (κ3) is 5.24. The second-order valence-corrected chi connectivity index (χ2v) is 7.20. The molecule has 2 aromatic rings. The lowest BCUT2D eigenvalue weighted by Gasteiger charge is -2.25. The van der Waals surface area contributed by atoms with Crippen molar-refractivity contribution in [2.24, 2.45) is 0 Å². The van der Waals surface area contributed by atoms with Crippen molar-refractivity contribution in [1.82, 2.24) is 15.4 Å². The number of urea groups is 1. The van der Waals surface area contributed by atoms with Crippen molar-refractivity contribution in [3.05, 3.63) is 39.6 Å². The second kappa shape index (κ2) is 9.07. The molecule has 0 fully saturated rings. The number of hydrogen-bond acceptors (Lipinski definition) is 6. The zero-order valence-electron chi connectivity index (χ0n) is 16.1. The fraction of sp³-hybridized carbons (Fsp3) is 0.333. The number of nitrogen functional groups attached to an aromatic ring is 1. The standard InChI is InChI=1S/C18H23Cl2N7O/c1-5-27(26-18(28)23-11-6-13(19)24-14(20)7-11)15-8-12(9(2)3)16(10(4)21)17(22)25-15/h6-9,21H,5H2,1-4H3,(H2,22,25)(H2,23,24,26,28). The summed E-state index contributed by atoms with van der Waals surface area (Å²) in [5.74, 6) is 0.865. The Labute approximate surface area is 173 Å². The van der Waals surface area contributed by atoms with E-state index >= 15 is 0 Å². The number of nitrogens with one attached hydrogen (secondary N) is 3. The largest absolute Gasteiger partial charge is 0.383 e. The number of pyridine rings is 2. The molecule has 0 saturated heterocycles. The van der Waals surface area contributed by atoms with Crippen LogP contribution in [0.1, 0.15) is 44.7 Å². The molecule has 0 radical (unpaired) electrons. The summed E-state index contributed by atoms with van der Waals surface area (Å²) in [4.78, 5) is 20.6. The van der Waals surface area contributed by atoms with Gasteiger partial charge in [-0.2, -0.15) is 0 Å². The van der Waals surface area contributed by atoms with Crippen molar-refractivity contribution in [2.45, 2.75) is 33.6 Å². The van der Waals surface area contributed by atoms with Crippen LogP contribution < -0.4 is 21.5 Å². The Morgan fingerprint density at radius 1 is 1.25 bits per heavy atom. The van der Waals surface area contributed by atoms with Crippen LogP contribution in [0.15, 0.2) is 18.2 Å². The van der Waals surface area contributed by atoms with Gasteiger partial charge in [0.1, 0.15) is 21.9 Å². The van der Waals surface area contributed by atoms with Gasteiger partial charge in [0.25, 0.3) is 0 Å². The Kier molecular flexibility index (Phi) is 7.04. The van der Waals surface area contributed by atoms with Gasteiger partial charge in [-0.15, -0.1) is 0 Å². The molecule has 10 heteroatoms. The number of hydrogen-bond donors (Lipinski definition) is 4. The lowest BCUT2D eigenvalue weighted by Crippen LogP contribution is -2.45. The average Bonchev–Trinajstić information content (AvgIpc) is 2.57. The predicted octanol–water partition coefficient (Wildman–Crippen LogP) is 4.44. The Bertz CT molecular complexity index is 881. The quantitative estimate of drug-likeness (QED) is 0.310. The Hall–Kier alpha value is -2.58. The smallest absolute Gasteiger partial charge is 0.338 e. The molecule has 2 amide bonds. The molecule has 8 nitrogen and oxygen atoms in total. The van der Waals surface area contributed by atoms with Crippen LogP contribution in [0.25, 0.3) is 0 Å². The molecule has 150 valence electrons. The number of rotatable bonds is 6. The lowest BCUT2D eigenvalue weighted by molar-refractivity contribution is 0.251. The number of halogens is 2. The van der Waals surface area contributed by atoms with Crippen LogP contribution in [0.3, 0.4) is 0 Å². The summed E-state index contributed by atoms with van der Waals surface area (Å²) >= 11 is 11.7. The first-order valence-electron chi connectivity index (χ1n) is 8.66. The topological polar surface area (TPSA) is 120 Å². The van der Waals surface area contributed by atoms with Gasteiger partial charge in [-0.1, -0.05) is 37.0 Å². The van der Waals surface area contributed by atoms with Crippen LogP contribution >= 0.6 is 23.2 Å². The molecule has 0 bridgehead atoms. The summed E-state index contributed by atoms with van der Waals surface area (Å²) in [6.45, 7) is 8.01. The lowest BCUT2D eigenvalue weighted by atomic mass is 9.95. The zero-order valence-corrected chi connectivity index (χ0v) is 17.6. The summed E-state index contributed by atoms with van der Waals surface area (Å²) in [5.41, 5.74) is 11.1. The van der Waals surface area contributed by atoms with Gasteiger partial charge in [0.15, 0.2) is 0 Å². The van der Waals surface area contributed by atoms with Crippen molar-refractivity contribution >= 4 is 52.3 Å². The van der Waals surface area contributed by atoms with Crippen LogP contribution in [0.4, 0.5) is 22.1 Å². The molecule has 2 aromatic heterocycles. The number of aromatic nitrogens is 2. The SMILES string of the molecule is CCN(NC(=O)Nc1cc(Cl)nc(Cl)c1)c1cc(C(C)C)c(C(C)=N)c(N)n1. The maximum Gasteiger partial charge on any atom is 0.338 e. The zero-order chi connectivity index (χ0) is 21.0.